The van der Waals surface area contributed by atoms with Crippen molar-refractivity contribution in [2.45, 2.75) is 56.6 Å². The third-order valence-electron chi connectivity index (χ3n) is 6.25. The maximum Gasteiger partial charge on any atom is 0.324 e. The molecule has 0 spiro atoms. The van der Waals surface area contributed by atoms with E-state index in [1.54, 1.807) is 24.3 Å². The normalized spacial score (nSPS) is 16.2. The summed E-state index contributed by atoms with van der Waals surface area (Å²) < 4.78 is 35.2. The molecule has 0 amide bonds. The number of nitrogens with zero attached hydrogens (tertiary/aromatic N) is 5. The third kappa shape index (κ3) is 5.28. The van der Waals surface area contributed by atoms with E-state index in [4.69, 9.17) is 19.2 Å². The fraction of sp³-hybridized carbons (Fsp3) is 0.440. The highest BCUT2D eigenvalue weighted by molar-refractivity contribution is 7.90. The topological polar surface area (TPSA) is 111 Å². The maximum atomic E-state index is 11.7. The van der Waals surface area contributed by atoms with Gasteiger partial charge in [0.2, 0.25) is 0 Å². The summed E-state index contributed by atoms with van der Waals surface area (Å²) in [5, 5.41) is 4.95. The van der Waals surface area contributed by atoms with Crippen LogP contribution in [-0.2, 0) is 14.6 Å². The highest BCUT2D eigenvalue weighted by atomic mass is 32.2. The van der Waals surface area contributed by atoms with Gasteiger partial charge in [-0.15, -0.1) is 0 Å². The van der Waals surface area contributed by atoms with E-state index < -0.39 is 9.84 Å². The first-order chi connectivity index (χ1) is 17.2. The molecule has 36 heavy (non-hydrogen) atoms. The number of hydrogen-bond donors (Lipinski definition) is 0. The van der Waals surface area contributed by atoms with Crippen molar-refractivity contribution in [2.24, 2.45) is 0 Å². The number of hydrogen-bond acceptors (Lipinski definition) is 10. The van der Waals surface area contributed by atoms with Gasteiger partial charge in [0.05, 0.1) is 16.7 Å². The molecule has 190 valence electrons. The number of piperidine rings is 1. The van der Waals surface area contributed by atoms with Crippen molar-refractivity contribution >= 4 is 37.5 Å². The summed E-state index contributed by atoms with van der Waals surface area (Å²) in [5.74, 6) is 0.972. The van der Waals surface area contributed by atoms with Gasteiger partial charge in [0.25, 0.3) is 0 Å². The molecule has 3 aromatic heterocycles. The molecule has 0 bridgehead atoms. The number of rotatable bonds is 7. The molecule has 1 aliphatic rings. The Hall–Kier alpha value is -2.89. The molecule has 0 radical (unpaired) electrons. The van der Waals surface area contributed by atoms with Crippen LogP contribution in [0.3, 0.4) is 0 Å². The van der Waals surface area contributed by atoms with Gasteiger partial charge in [-0.05, 0) is 44.0 Å². The van der Waals surface area contributed by atoms with Crippen LogP contribution in [0.1, 0.15) is 56.5 Å². The second-order valence-electron chi connectivity index (χ2n) is 9.42. The molecule has 1 unspecified atom stereocenters. The molecule has 4 heterocycles. The molecule has 9 nitrogen and oxygen atoms in total. The predicted molar refractivity (Wildman–Crippen MR) is 139 cm³/mol. The monoisotopic (exact) mass is 527 g/mol. The summed E-state index contributed by atoms with van der Waals surface area (Å²) in [4.78, 5) is 17.3. The lowest BCUT2D eigenvalue weighted by Crippen LogP contribution is -2.37. The van der Waals surface area contributed by atoms with Crippen LogP contribution >= 0.6 is 11.3 Å². The Kier molecular flexibility index (Phi) is 6.80. The maximum absolute atomic E-state index is 11.7. The Morgan fingerprint density at radius 2 is 1.75 bits per heavy atom. The van der Waals surface area contributed by atoms with Gasteiger partial charge in [-0.25, -0.2) is 18.4 Å². The van der Waals surface area contributed by atoms with Gasteiger partial charge < -0.3 is 14.2 Å². The van der Waals surface area contributed by atoms with E-state index in [-0.39, 0.29) is 18.1 Å². The lowest BCUT2D eigenvalue weighted by molar-refractivity contribution is -0.0160. The first-order valence-corrected chi connectivity index (χ1v) is 14.7. The minimum absolute atomic E-state index is 0.132. The fourth-order valence-corrected chi connectivity index (χ4v) is 5.72. The lowest BCUT2D eigenvalue weighted by atomic mass is 10.1. The summed E-state index contributed by atoms with van der Waals surface area (Å²) in [6.07, 6.45) is 2.94. The van der Waals surface area contributed by atoms with Crippen molar-refractivity contribution < 1.29 is 17.7 Å². The first kappa shape index (κ1) is 24.8. The van der Waals surface area contributed by atoms with Crippen LogP contribution in [0.15, 0.2) is 45.8 Å². The number of pyridine rings is 1. The van der Waals surface area contributed by atoms with Crippen LogP contribution in [0.4, 0.5) is 6.01 Å². The molecule has 1 saturated heterocycles. The van der Waals surface area contributed by atoms with Crippen LogP contribution in [0.2, 0.25) is 0 Å². The van der Waals surface area contributed by atoms with Gasteiger partial charge in [0.15, 0.2) is 15.7 Å². The van der Waals surface area contributed by atoms with Gasteiger partial charge >= 0.3 is 6.01 Å². The number of fused-ring (bicyclic) bond motifs is 1. The number of anilines is 1. The molecule has 11 heteroatoms. The van der Waals surface area contributed by atoms with E-state index in [9.17, 15) is 8.42 Å². The summed E-state index contributed by atoms with van der Waals surface area (Å²) in [6.45, 7) is 7.74. The highest BCUT2D eigenvalue weighted by Gasteiger charge is 2.26. The van der Waals surface area contributed by atoms with Crippen molar-refractivity contribution in [3.8, 4) is 11.3 Å². The van der Waals surface area contributed by atoms with Gasteiger partial charge in [-0.3, -0.25) is 0 Å². The van der Waals surface area contributed by atoms with Gasteiger partial charge in [0, 0.05) is 30.8 Å². The molecule has 4 aromatic rings. The zero-order valence-electron chi connectivity index (χ0n) is 20.7. The van der Waals surface area contributed by atoms with E-state index >= 15 is 0 Å². The Bertz CT molecular complexity index is 1460. The van der Waals surface area contributed by atoms with Crippen LogP contribution in [0.5, 0.6) is 0 Å². The SMILES string of the molecule is CC(C)c1noc(N2CCC(OC(C)c3nc4ccc(-c5ccc(S(C)(=O)=O)cc5)nc4s3)CC2)n1. The average Bonchev–Trinajstić information content (AvgIpc) is 3.51. The molecule has 1 aromatic carbocycles. The molecule has 1 fully saturated rings. The molecule has 0 aliphatic carbocycles. The molecular formula is C25H29N5O4S2. The second-order valence-corrected chi connectivity index (χ2v) is 12.4. The second kappa shape index (κ2) is 9.87. The Balaban J connectivity index is 1.23. The van der Waals surface area contributed by atoms with Crippen molar-refractivity contribution in [3.63, 3.8) is 0 Å². The van der Waals surface area contributed by atoms with Gasteiger partial charge in [-0.1, -0.05) is 42.5 Å². The molecule has 1 aliphatic heterocycles. The summed E-state index contributed by atoms with van der Waals surface area (Å²) in [6, 6.07) is 11.2. The first-order valence-electron chi connectivity index (χ1n) is 12.0. The molecule has 5 rings (SSSR count). The average molecular weight is 528 g/mol. The number of sulfone groups is 1. The number of benzene rings is 1. The van der Waals surface area contributed by atoms with E-state index in [1.165, 1.54) is 17.6 Å². The van der Waals surface area contributed by atoms with Gasteiger partial charge in [-0.2, -0.15) is 4.98 Å². The number of ether oxygens (including phenoxy) is 1. The Labute approximate surface area is 214 Å². The van der Waals surface area contributed by atoms with E-state index in [0.29, 0.717) is 10.9 Å². The summed E-state index contributed by atoms with van der Waals surface area (Å²) in [7, 11) is -3.23. The largest absolute Gasteiger partial charge is 0.368 e. The Morgan fingerprint density at radius 1 is 1.03 bits per heavy atom. The smallest absolute Gasteiger partial charge is 0.324 e. The predicted octanol–water partition coefficient (Wildman–Crippen LogP) is 5.01. The van der Waals surface area contributed by atoms with E-state index in [1.807, 2.05) is 32.9 Å². The van der Waals surface area contributed by atoms with Crippen molar-refractivity contribution in [3.05, 3.63) is 47.2 Å². The van der Waals surface area contributed by atoms with Crippen LogP contribution in [-0.4, -0.2) is 54.0 Å². The van der Waals surface area contributed by atoms with E-state index in [0.717, 1.165) is 58.4 Å². The standard InChI is InChI=1S/C25H29N5O4S2/c1-15(2)22-28-25(34-29-22)30-13-11-18(12-14-30)33-16(3)23-27-21-10-9-20(26-24(21)35-23)17-5-7-19(8-6-17)36(4,31)32/h5-10,15-16,18H,11-14H2,1-4H3. The molecule has 0 saturated carbocycles. The van der Waals surface area contributed by atoms with Crippen LogP contribution in [0.25, 0.3) is 21.6 Å². The quantitative estimate of drug-likeness (QED) is 0.327. The zero-order chi connectivity index (χ0) is 25.4. The molecule has 1 atom stereocenters. The summed E-state index contributed by atoms with van der Waals surface area (Å²) >= 11 is 1.53. The van der Waals surface area contributed by atoms with Crippen molar-refractivity contribution in [1.29, 1.82) is 0 Å². The van der Waals surface area contributed by atoms with Crippen LogP contribution < -0.4 is 4.90 Å². The zero-order valence-corrected chi connectivity index (χ0v) is 22.3. The van der Waals surface area contributed by atoms with Gasteiger partial charge in [0.1, 0.15) is 21.5 Å². The van der Waals surface area contributed by atoms with Crippen LogP contribution in [0, 0.1) is 0 Å². The Morgan fingerprint density at radius 3 is 2.39 bits per heavy atom. The minimum Gasteiger partial charge on any atom is -0.368 e. The number of aromatic nitrogens is 4. The lowest BCUT2D eigenvalue weighted by Gasteiger charge is -2.31. The highest BCUT2D eigenvalue weighted by Crippen LogP contribution is 2.32. The molecular weight excluding hydrogens is 498 g/mol. The van der Waals surface area contributed by atoms with Crippen molar-refractivity contribution in [2.75, 3.05) is 24.2 Å². The minimum atomic E-state index is -3.23. The third-order valence-corrected chi connectivity index (χ3v) is 8.51. The van der Waals surface area contributed by atoms with E-state index in [2.05, 4.69) is 15.0 Å². The molecule has 0 N–H and O–H groups in total. The van der Waals surface area contributed by atoms with Crippen molar-refractivity contribution in [1.82, 2.24) is 20.1 Å². The fourth-order valence-electron chi connectivity index (χ4n) is 4.16. The summed E-state index contributed by atoms with van der Waals surface area (Å²) in [5.41, 5.74) is 2.46. The number of thiazole rings is 1.